The van der Waals surface area contributed by atoms with Gasteiger partial charge in [0.15, 0.2) is 5.75 Å². The van der Waals surface area contributed by atoms with Crippen LogP contribution in [0.5, 0.6) is 5.75 Å². The fourth-order valence-corrected chi connectivity index (χ4v) is 2.66. The van der Waals surface area contributed by atoms with Gasteiger partial charge in [-0.15, -0.1) is 0 Å². The van der Waals surface area contributed by atoms with Gasteiger partial charge < -0.3 is 19.9 Å². The molecule has 0 spiro atoms. The first kappa shape index (κ1) is 15.6. The number of methoxy groups -OCH3 is 1. The van der Waals surface area contributed by atoms with Crippen molar-refractivity contribution in [1.82, 2.24) is 0 Å². The number of nitrogens with two attached hydrogens (primary N) is 1. The predicted molar refractivity (Wildman–Crippen MR) is 80.5 cm³/mol. The summed E-state index contributed by atoms with van der Waals surface area (Å²) in [5, 5.41) is 0. The van der Waals surface area contributed by atoms with Gasteiger partial charge in [-0.3, -0.25) is 0 Å². The van der Waals surface area contributed by atoms with E-state index >= 15 is 0 Å². The largest absolute Gasteiger partial charge is 0.491 e. The van der Waals surface area contributed by atoms with E-state index in [9.17, 15) is 4.79 Å². The first-order valence-corrected chi connectivity index (χ1v) is 7.40. The molecule has 0 heterocycles. The smallest absolute Gasteiger partial charge is 0.342 e. The SMILES string of the molecule is CCOc1c(N)cccc1C(=O)OC1CCCC(OC)C1. The summed E-state index contributed by atoms with van der Waals surface area (Å²) in [6, 6.07) is 5.12. The lowest BCUT2D eigenvalue weighted by Gasteiger charge is -2.28. The van der Waals surface area contributed by atoms with E-state index < -0.39 is 0 Å². The van der Waals surface area contributed by atoms with Crippen molar-refractivity contribution >= 4 is 11.7 Å². The van der Waals surface area contributed by atoms with E-state index in [1.54, 1.807) is 25.3 Å². The first-order valence-electron chi connectivity index (χ1n) is 7.40. The van der Waals surface area contributed by atoms with Gasteiger partial charge in [-0.2, -0.15) is 0 Å². The topological polar surface area (TPSA) is 70.8 Å². The lowest BCUT2D eigenvalue weighted by atomic mass is 9.95. The molecule has 0 amide bonds. The van der Waals surface area contributed by atoms with Crippen LogP contribution < -0.4 is 10.5 Å². The summed E-state index contributed by atoms with van der Waals surface area (Å²) < 4.78 is 16.4. The second-order valence-corrected chi connectivity index (χ2v) is 5.21. The molecule has 0 radical (unpaired) electrons. The molecular weight excluding hydrogens is 270 g/mol. The van der Waals surface area contributed by atoms with Crippen LogP contribution in [0.2, 0.25) is 0 Å². The number of esters is 1. The minimum Gasteiger partial charge on any atom is -0.491 e. The van der Waals surface area contributed by atoms with Crippen LogP contribution in [0.3, 0.4) is 0 Å². The Morgan fingerprint density at radius 3 is 2.81 bits per heavy atom. The molecule has 1 aromatic rings. The molecule has 0 bridgehead atoms. The van der Waals surface area contributed by atoms with E-state index in [-0.39, 0.29) is 18.2 Å². The van der Waals surface area contributed by atoms with Crippen LogP contribution in [0.1, 0.15) is 43.0 Å². The summed E-state index contributed by atoms with van der Waals surface area (Å²) in [5.41, 5.74) is 6.70. The molecule has 0 saturated heterocycles. The van der Waals surface area contributed by atoms with Gasteiger partial charge in [0, 0.05) is 13.5 Å². The number of hydrogen-bond acceptors (Lipinski definition) is 5. The molecule has 1 saturated carbocycles. The molecule has 2 rings (SSSR count). The highest BCUT2D eigenvalue weighted by Crippen LogP contribution is 2.29. The molecule has 5 nitrogen and oxygen atoms in total. The van der Waals surface area contributed by atoms with Crippen LogP contribution in [0, 0.1) is 0 Å². The second-order valence-electron chi connectivity index (χ2n) is 5.21. The fraction of sp³-hybridized carbons (Fsp3) is 0.562. The molecule has 2 atom stereocenters. The molecule has 5 heteroatoms. The molecule has 0 aliphatic heterocycles. The Bertz CT molecular complexity index is 489. The Hall–Kier alpha value is -1.75. The van der Waals surface area contributed by atoms with Crippen LogP contribution in [-0.4, -0.2) is 31.9 Å². The van der Waals surface area contributed by atoms with Gasteiger partial charge in [0.1, 0.15) is 11.7 Å². The van der Waals surface area contributed by atoms with Crippen LogP contribution in [0.4, 0.5) is 5.69 Å². The lowest BCUT2D eigenvalue weighted by molar-refractivity contribution is -0.0151. The number of benzene rings is 1. The standard InChI is InChI=1S/C16H23NO4/c1-3-20-15-13(8-5-9-14(15)17)16(18)21-12-7-4-6-11(10-12)19-2/h5,8-9,11-12H,3-4,6-7,10,17H2,1-2H3. The van der Waals surface area contributed by atoms with Crippen molar-refractivity contribution in [2.75, 3.05) is 19.5 Å². The summed E-state index contributed by atoms with van der Waals surface area (Å²) in [6.07, 6.45) is 3.71. The summed E-state index contributed by atoms with van der Waals surface area (Å²) in [6.45, 7) is 2.30. The summed E-state index contributed by atoms with van der Waals surface area (Å²) >= 11 is 0. The monoisotopic (exact) mass is 293 g/mol. The molecule has 1 aliphatic carbocycles. The summed E-state index contributed by atoms with van der Waals surface area (Å²) in [4.78, 5) is 12.4. The van der Waals surface area contributed by atoms with Gasteiger partial charge in [0.25, 0.3) is 0 Å². The number of rotatable bonds is 5. The zero-order chi connectivity index (χ0) is 15.2. The quantitative estimate of drug-likeness (QED) is 0.667. The van der Waals surface area contributed by atoms with Crippen molar-refractivity contribution < 1.29 is 19.0 Å². The van der Waals surface area contributed by atoms with Gasteiger partial charge >= 0.3 is 5.97 Å². The van der Waals surface area contributed by atoms with E-state index in [1.165, 1.54) is 0 Å². The molecule has 0 aromatic heterocycles. The normalized spacial score (nSPS) is 21.8. The van der Waals surface area contributed by atoms with Crippen molar-refractivity contribution in [3.63, 3.8) is 0 Å². The number of para-hydroxylation sites is 1. The van der Waals surface area contributed by atoms with E-state index in [4.69, 9.17) is 19.9 Å². The highest BCUT2D eigenvalue weighted by molar-refractivity contribution is 5.94. The van der Waals surface area contributed by atoms with Crippen molar-refractivity contribution in [3.05, 3.63) is 23.8 Å². The number of anilines is 1. The average Bonchev–Trinajstić information content (AvgIpc) is 2.49. The molecule has 1 fully saturated rings. The third-order valence-corrected chi connectivity index (χ3v) is 3.74. The third kappa shape index (κ3) is 3.88. The van der Waals surface area contributed by atoms with Gasteiger partial charge in [0.2, 0.25) is 0 Å². The fourth-order valence-electron chi connectivity index (χ4n) is 2.66. The number of carbonyl (C=O) groups is 1. The molecule has 2 N–H and O–H groups in total. The van der Waals surface area contributed by atoms with Crippen molar-refractivity contribution in [1.29, 1.82) is 0 Å². The van der Waals surface area contributed by atoms with Gasteiger partial charge in [-0.05, 0) is 38.3 Å². The minimum atomic E-state index is -0.382. The summed E-state index contributed by atoms with van der Waals surface area (Å²) in [7, 11) is 1.69. The van der Waals surface area contributed by atoms with Gasteiger partial charge in [-0.25, -0.2) is 4.79 Å². The van der Waals surface area contributed by atoms with E-state index in [0.29, 0.717) is 23.6 Å². The van der Waals surface area contributed by atoms with Crippen LogP contribution in [0.25, 0.3) is 0 Å². The Labute approximate surface area is 125 Å². The average molecular weight is 293 g/mol. The van der Waals surface area contributed by atoms with E-state index in [1.807, 2.05) is 6.92 Å². The number of ether oxygens (including phenoxy) is 3. The Kier molecular flexibility index (Phi) is 5.44. The molecule has 1 aliphatic rings. The molecule has 2 unspecified atom stereocenters. The highest BCUT2D eigenvalue weighted by Gasteiger charge is 2.26. The zero-order valence-electron chi connectivity index (χ0n) is 12.6. The van der Waals surface area contributed by atoms with Crippen molar-refractivity contribution in [2.45, 2.75) is 44.8 Å². The van der Waals surface area contributed by atoms with Crippen LogP contribution in [0.15, 0.2) is 18.2 Å². The maximum atomic E-state index is 12.4. The Morgan fingerprint density at radius 1 is 1.33 bits per heavy atom. The maximum Gasteiger partial charge on any atom is 0.342 e. The van der Waals surface area contributed by atoms with E-state index in [2.05, 4.69) is 0 Å². The number of nitrogen functional groups attached to an aromatic ring is 1. The van der Waals surface area contributed by atoms with E-state index in [0.717, 1.165) is 25.7 Å². The number of carbonyl (C=O) groups excluding carboxylic acids is 1. The van der Waals surface area contributed by atoms with Gasteiger partial charge in [-0.1, -0.05) is 6.07 Å². The van der Waals surface area contributed by atoms with Gasteiger partial charge in [0.05, 0.1) is 18.4 Å². The maximum absolute atomic E-state index is 12.4. The van der Waals surface area contributed by atoms with Crippen molar-refractivity contribution in [3.8, 4) is 5.75 Å². The Balaban J connectivity index is 2.08. The molecular formula is C16H23NO4. The second kappa shape index (κ2) is 7.31. The van der Waals surface area contributed by atoms with Crippen LogP contribution in [-0.2, 0) is 9.47 Å². The zero-order valence-corrected chi connectivity index (χ0v) is 12.6. The minimum absolute atomic E-state index is 0.105. The van der Waals surface area contributed by atoms with Crippen LogP contribution >= 0.6 is 0 Å². The molecule has 116 valence electrons. The third-order valence-electron chi connectivity index (χ3n) is 3.74. The lowest BCUT2D eigenvalue weighted by Crippen LogP contribution is -2.29. The Morgan fingerprint density at radius 2 is 2.10 bits per heavy atom. The predicted octanol–water partition coefficient (Wildman–Crippen LogP) is 2.78. The summed E-state index contributed by atoms with van der Waals surface area (Å²) in [5.74, 6) is 0.0246. The first-order chi connectivity index (χ1) is 10.2. The number of hydrogen-bond donors (Lipinski definition) is 1. The highest BCUT2D eigenvalue weighted by atomic mass is 16.5. The van der Waals surface area contributed by atoms with Crippen molar-refractivity contribution in [2.24, 2.45) is 0 Å². The molecule has 1 aromatic carbocycles. The molecule has 21 heavy (non-hydrogen) atoms.